The van der Waals surface area contributed by atoms with E-state index in [1.54, 1.807) is 20.8 Å². The number of hydrogen-bond acceptors (Lipinski definition) is 3. The molecule has 2 N–H and O–H groups in total. The lowest BCUT2D eigenvalue weighted by molar-refractivity contribution is -0.144. The smallest absolute Gasteiger partial charge is 0.408 e. The number of amides is 1. The molecule has 0 unspecified atom stereocenters. The van der Waals surface area contributed by atoms with Crippen LogP contribution >= 0.6 is 0 Å². The molecule has 0 heterocycles. The number of nitrogens with one attached hydrogen (secondary N) is 1. The molecule has 0 bridgehead atoms. The zero-order chi connectivity index (χ0) is 13.7. The Morgan fingerprint density at radius 1 is 1.24 bits per heavy atom. The standard InChI is InChI=1S/C12H23NO4/c1-6-7-8-12(5,9(14)15)13-10(16)17-11(2,3)4/h6-8H2,1-5H3,(H,13,16)(H,14,15)/t12-/m0/s1. The van der Waals surface area contributed by atoms with E-state index in [4.69, 9.17) is 9.84 Å². The highest BCUT2D eigenvalue weighted by Gasteiger charge is 2.35. The predicted octanol–water partition coefficient (Wildman–Crippen LogP) is 2.54. The second-order valence-electron chi connectivity index (χ2n) is 5.37. The van der Waals surface area contributed by atoms with Gasteiger partial charge in [-0.05, 0) is 34.1 Å². The molecule has 0 aromatic heterocycles. The molecule has 0 spiro atoms. The molecule has 5 heteroatoms. The minimum atomic E-state index is -1.27. The summed E-state index contributed by atoms with van der Waals surface area (Å²) in [6.07, 6.45) is 1.30. The summed E-state index contributed by atoms with van der Waals surface area (Å²) in [5.74, 6) is -1.04. The van der Waals surface area contributed by atoms with Gasteiger partial charge in [0.25, 0.3) is 0 Å². The fourth-order valence-electron chi connectivity index (χ4n) is 1.28. The monoisotopic (exact) mass is 245 g/mol. The first-order chi connectivity index (χ1) is 7.60. The zero-order valence-electron chi connectivity index (χ0n) is 11.3. The van der Waals surface area contributed by atoms with E-state index in [0.717, 1.165) is 12.8 Å². The number of carbonyl (C=O) groups is 2. The van der Waals surface area contributed by atoms with Crippen LogP contribution in [0.4, 0.5) is 4.79 Å². The molecule has 0 saturated heterocycles. The molecule has 1 amide bonds. The van der Waals surface area contributed by atoms with Crippen molar-refractivity contribution < 1.29 is 19.4 Å². The lowest BCUT2D eigenvalue weighted by Crippen LogP contribution is -2.53. The molecule has 0 aliphatic heterocycles. The summed E-state index contributed by atoms with van der Waals surface area (Å²) < 4.78 is 5.05. The van der Waals surface area contributed by atoms with Gasteiger partial charge in [-0.15, -0.1) is 0 Å². The van der Waals surface area contributed by atoms with Crippen LogP contribution < -0.4 is 5.32 Å². The minimum absolute atomic E-state index is 0.387. The van der Waals surface area contributed by atoms with E-state index in [0.29, 0.717) is 6.42 Å². The SMILES string of the molecule is CCCC[C@](C)(NC(=O)OC(C)(C)C)C(=O)O. The summed E-state index contributed by atoms with van der Waals surface area (Å²) in [4.78, 5) is 22.7. The van der Waals surface area contributed by atoms with Gasteiger partial charge in [-0.2, -0.15) is 0 Å². The zero-order valence-corrected chi connectivity index (χ0v) is 11.3. The van der Waals surface area contributed by atoms with Crippen LogP contribution in [0, 0.1) is 0 Å². The van der Waals surface area contributed by atoms with Crippen molar-refractivity contribution in [2.24, 2.45) is 0 Å². The maximum absolute atomic E-state index is 11.5. The third-order valence-electron chi connectivity index (χ3n) is 2.28. The number of carbonyl (C=O) groups excluding carboxylic acids is 1. The Morgan fingerprint density at radius 3 is 2.12 bits per heavy atom. The van der Waals surface area contributed by atoms with Crippen LogP contribution in [0.25, 0.3) is 0 Å². The van der Waals surface area contributed by atoms with Crippen LogP contribution in [0.3, 0.4) is 0 Å². The molecule has 0 aromatic carbocycles. The molecule has 0 rings (SSSR count). The van der Waals surface area contributed by atoms with Gasteiger partial charge < -0.3 is 15.2 Å². The molecule has 17 heavy (non-hydrogen) atoms. The number of carboxylic acids is 1. The second kappa shape index (κ2) is 5.89. The molecule has 0 saturated carbocycles. The Labute approximate surface area is 103 Å². The van der Waals surface area contributed by atoms with Crippen molar-refractivity contribution in [2.75, 3.05) is 0 Å². The lowest BCUT2D eigenvalue weighted by Gasteiger charge is -2.28. The fourth-order valence-corrected chi connectivity index (χ4v) is 1.28. The van der Waals surface area contributed by atoms with Gasteiger partial charge in [0, 0.05) is 0 Å². The number of aliphatic carboxylic acids is 1. The largest absolute Gasteiger partial charge is 0.480 e. The highest BCUT2D eigenvalue weighted by Crippen LogP contribution is 2.16. The maximum atomic E-state index is 11.5. The van der Waals surface area contributed by atoms with Gasteiger partial charge in [-0.25, -0.2) is 9.59 Å². The first-order valence-corrected chi connectivity index (χ1v) is 5.85. The number of alkyl carbamates (subject to hydrolysis) is 1. The first kappa shape index (κ1) is 15.7. The molecule has 0 fully saturated rings. The number of rotatable bonds is 5. The van der Waals surface area contributed by atoms with Crippen molar-refractivity contribution in [1.29, 1.82) is 0 Å². The number of hydrogen-bond donors (Lipinski definition) is 2. The summed E-state index contributed by atoms with van der Waals surface area (Å²) in [5.41, 5.74) is -1.90. The highest BCUT2D eigenvalue weighted by molar-refractivity contribution is 5.83. The summed E-state index contributed by atoms with van der Waals surface area (Å²) in [7, 11) is 0. The van der Waals surface area contributed by atoms with Crippen molar-refractivity contribution in [1.82, 2.24) is 5.32 Å². The molecule has 0 radical (unpaired) electrons. The van der Waals surface area contributed by atoms with Gasteiger partial charge in [0.05, 0.1) is 0 Å². The number of ether oxygens (including phenoxy) is 1. The van der Waals surface area contributed by atoms with Gasteiger partial charge in [0.1, 0.15) is 11.1 Å². The van der Waals surface area contributed by atoms with Crippen molar-refractivity contribution >= 4 is 12.1 Å². The van der Waals surface area contributed by atoms with Crippen LogP contribution in [0.5, 0.6) is 0 Å². The second-order valence-corrected chi connectivity index (χ2v) is 5.37. The summed E-state index contributed by atoms with van der Waals surface area (Å²) in [6, 6.07) is 0. The van der Waals surface area contributed by atoms with Crippen molar-refractivity contribution in [3.05, 3.63) is 0 Å². The minimum Gasteiger partial charge on any atom is -0.480 e. The Morgan fingerprint density at radius 2 is 1.76 bits per heavy atom. The molecule has 0 aliphatic rings. The molecule has 0 aromatic rings. The third kappa shape index (κ3) is 6.14. The summed E-state index contributed by atoms with van der Waals surface area (Å²) >= 11 is 0. The van der Waals surface area contributed by atoms with Gasteiger partial charge >= 0.3 is 12.1 Å². The van der Waals surface area contributed by atoms with Crippen molar-refractivity contribution in [3.63, 3.8) is 0 Å². The first-order valence-electron chi connectivity index (χ1n) is 5.85. The normalized spacial score (nSPS) is 14.9. The van der Waals surface area contributed by atoms with E-state index in [2.05, 4.69) is 5.32 Å². The summed E-state index contributed by atoms with van der Waals surface area (Å²) in [6.45, 7) is 8.66. The number of unbranched alkanes of at least 4 members (excludes halogenated alkanes) is 1. The van der Waals surface area contributed by atoms with Crippen LogP contribution in [0.1, 0.15) is 53.9 Å². The van der Waals surface area contributed by atoms with Gasteiger partial charge in [0.15, 0.2) is 0 Å². The van der Waals surface area contributed by atoms with Crippen LogP contribution in [-0.4, -0.2) is 28.3 Å². The Balaban J connectivity index is 4.55. The van der Waals surface area contributed by atoms with E-state index in [1.807, 2.05) is 6.92 Å². The molecule has 100 valence electrons. The number of carboxylic acid groups (broad SMARTS) is 1. The van der Waals surface area contributed by atoms with E-state index >= 15 is 0 Å². The van der Waals surface area contributed by atoms with E-state index in [9.17, 15) is 9.59 Å². The van der Waals surface area contributed by atoms with E-state index in [1.165, 1.54) is 6.92 Å². The lowest BCUT2D eigenvalue weighted by atomic mass is 9.95. The molecular formula is C12H23NO4. The quantitative estimate of drug-likeness (QED) is 0.780. The third-order valence-corrected chi connectivity index (χ3v) is 2.28. The Hall–Kier alpha value is -1.26. The maximum Gasteiger partial charge on any atom is 0.408 e. The fraction of sp³-hybridized carbons (Fsp3) is 0.833. The molecule has 1 atom stereocenters. The summed E-state index contributed by atoms with van der Waals surface area (Å²) in [5, 5.41) is 11.6. The topological polar surface area (TPSA) is 75.6 Å². The van der Waals surface area contributed by atoms with Gasteiger partial charge in [-0.3, -0.25) is 0 Å². The van der Waals surface area contributed by atoms with Crippen LogP contribution in [-0.2, 0) is 9.53 Å². The van der Waals surface area contributed by atoms with E-state index in [-0.39, 0.29) is 0 Å². The van der Waals surface area contributed by atoms with Crippen LogP contribution in [0.2, 0.25) is 0 Å². The van der Waals surface area contributed by atoms with Gasteiger partial charge in [-0.1, -0.05) is 19.8 Å². The molecule has 0 aliphatic carbocycles. The van der Waals surface area contributed by atoms with Crippen molar-refractivity contribution in [3.8, 4) is 0 Å². The predicted molar refractivity (Wildman–Crippen MR) is 64.9 cm³/mol. The van der Waals surface area contributed by atoms with E-state index < -0.39 is 23.2 Å². The van der Waals surface area contributed by atoms with Crippen molar-refractivity contribution in [2.45, 2.75) is 65.0 Å². The van der Waals surface area contributed by atoms with Gasteiger partial charge in [0.2, 0.25) is 0 Å². The molecular weight excluding hydrogens is 222 g/mol. The Kier molecular flexibility index (Phi) is 5.45. The average Bonchev–Trinajstić information content (AvgIpc) is 2.11. The molecule has 5 nitrogen and oxygen atoms in total. The van der Waals surface area contributed by atoms with Crippen LogP contribution in [0.15, 0.2) is 0 Å². The highest BCUT2D eigenvalue weighted by atomic mass is 16.6. The average molecular weight is 245 g/mol. The Bertz CT molecular complexity index is 283.